The average molecular weight is 370 g/mol. The van der Waals surface area contributed by atoms with Gasteiger partial charge in [-0.05, 0) is 41.3 Å². The fraction of sp³-hybridized carbons (Fsp3) is 0.500. The van der Waals surface area contributed by atoms with Gasteiger partial charge in [0, 0.05) is 0 Å². The van der Waals surface area contributed by atoms with Crippen molar-refractivity contribution in [3.05, 3.63) is 42.0 Å². The summed E-state index contributed by atoms with van der Waals surface area (Å²) in [5.41, 5.74) is 1.23. The molecule has 0 N–H and O–H groups in total. The molecule has 0 radical (unpaired) electrons. The second kappa shape index (κ2) is 11.3. The molecular weight excluding hydrogens is 343 g/mol. The topological polar surface area (TPSA) is 57.2 Å². The Morgan fingerprint density at radius 2 is 1.52 bits per heavy atom. The van der Waals surface area contributed by atoms with Crippen LogP contribution in [0.4, 0.5) is 0 Å². The van der Waals surface area contributed by atoms with Crippen LogP contribution in [0.5, 0.6) is 0 Å². The molecule has 0 amide bonds. The summed E-state index contributed by atoms with van der Waals surface area (Å²) in [4.78, 5) is -0.153. The fourth-order valence-corrected chi connectivity index (χ4v) is 3.66. The van der Waals surface area contributed by atoms with E-state index in [1.54, 1.807) is 6.07 Å². The molecule has 5 heteroatoms. The minimum absolute atomic E-state index is 0. The second-order valence-electron chi connectivity index (χ2n) is 6.48. The van der Waals surface area contributed by atoms with E-state index in [0.29, 0.717) is 0 Å². The Hall–Kier alpha value is -0.390. The Labute approximate surface area is 174 Å². The standard InChI is InChI=1S/C20H28O3S.Na/c1-2-3-4-5-6-7-8-9-11-17-12-10-13-18-16-19(24(21,22)23)14-15-20(17)18;/h10,12-16H,2-9,11H2,1H3,(H,21,22,23);/q;+1/p-1. The minimum atomic E-state index is -4.39. The first-order valence-corrected chi connectivity index (χ1v) is 10.4. The monoisotopic (exact) mass is 370 g/mol. The third kappa shape index (κ3) is 7.40. The van der Waals surface area contributed by atoms with Crippen molar-refractivity contribution in [3.8, 4) is 0 Å². The van der Waals surface area contributed by atoms with E-state index in [0.717, 1.165) is 23.6 Å². The second-order valence-corrected chi connectivity index (χ2v) is 7.86. The summed E-state index contributed by atoms with van der Waals surface area (Å²) in [6.45, 7) is 2.24. The molecule has 0 saturated carbocycles. The number of unbranched alkanes of at least 4 members (excludes halogenated alkanes) is 7. The molecule has 25 heavy (non-hydrogen) atoms. The fourth-order valence-electron chi connectivity index (χ4n) is 3.15. The molecule has 0 spiro atoms. The summed E-state index contributed by atoms with van der Waals surface area (Å²) in [7, 11) is -4.39. The van der Waals surface area contributed by atoms with Crippen molar-refractivity contribution in [1.29, 1.82) is 0 Å². The van der Waals surface area contributed by atoms with Crippen LogP contribution in [-0.4, -0.2) is 13.0 Å². The summed E-state index contributed by atoms with van der Waals surface area (Å²) in [6.07, 6.45) is 11.3. The Kier molecular flexibility index (Phi) is 10.3. The molecule has 0 aliphatic carbocycles. The zero-order valence-corrected chi connectivity index (χ0v) is 18.3. The van der Waals surface area contributed by atoms with Crippen molar-refractivity contribution >= 4 is 20.9 Å². The van der Waals surface area contributed by atoms with Gasteiger partial charge >= 0.3 is 29.6 Å². The van der Waals surface area contributed by atoms with E-state index in [9.17, 15) is 13.0 Å². The number of fused-ring (bicyclic) bond motifs is 1. The van der Waals surface area contributed by atoms with Crippen molar-refractivity contribution in [1.82, 2.24) is 0 Å². The van der Waals surface area contributed by atoms with E-state index in [-0.39, 0.29) is 34.5 Å². The molecule has 0 aliphatic heterocycles. The molecule has 0 aliphatic rings. The molecule has 2 aromatic rings. The van der Waals surface area contributed by atoms with Gasteiger partial charge in [0.25, 0.3) is 0 Å². The van der Waals surface area contributed by atoms with Crippen LogP contribution in [0.2, 0.25) is 0 Å². The number of hydrogen-bond donors (Lipinski definition) is 0. The van der Waals surface area contributed by atoms with E-state index in [2.05, 4.69) is 13.0 Å². The van der Waals surface area contributed by atoms with Crippen molar-refractivity contribution in [2.24, 2.45) is 0 Å². The van der Waals surface area contributed by atoms with Gasteiger partial charge in [-0.3, -0.25) is 0 Å². The van der Waals surface area contributed by atoms with Gasteiger partial charge < -0.3 is 4.55 Å². The average Bonchev–Trinajstić information content (AvgIpc) is 2.56. The maximum atomic E-state index is 11.1. The molecule has 0 aromatic heterocycles. The van der Waals surface area contributed by atoms with Gasteiger partial charge in [-0.2, -0.15) is 0 Å². The Balaban J connectivity index is 0.00000312. The van der Waals surface area contributed by atoms with Gasteiger partial charge in [-0.25, -0.2) is 8.42 Å². The quantitative estimate of drug-likeness (QED) is 0.367. The van der Waals surface area contributed by atoms with Crippen LogP contribution in [0.3, 0.4) is 0 Å². The first-order chi connectivity index (χ1) is 11.5. The molecule has 0 heterocycles. The molecule has 2 aromatic carbocycles. The number of benzene rings is 2. The van der Waals surface area contributed by atoms with Crippen LogP contribution >= 0.6 is 0 Å². The van der Waals surface area contributed by atoms with E-state index in [1.165, 1.54) is 62.6 Å². The number of hydrogen-bond acceptors (Lipinski definition) is 3. The SMILES string of the molecule is CCCCCCCCCCc1cccc2cc(S(=O)(=O)[O-])ccc12.[Na+]. The van der Waals surface area contributed by atoms with Gasteiger partial charge in [0.2, 0.25) is 0 Å². The third-order valence-corrected chi connectivity index (χ3v) is 5.36. The third-order valence-electron chi connectivity index (χ3n) is 4.53. The molecule has 3 nitrogen and oxygen atoms in total. The Morgan fingerprint density at radius 1 is 0.880 bits per heavy atom. The molecule has 0 atom stereocenters. The summed E-state index contributed by atoms with van der Waals surface area (Å²) in [6, 6.07) is 10.6. The largest absolute Gasteiger partial charge is 1.00 e. The summed E-state index contributed by atoms with van der Waals surface area (Å²) in [5, 5.41) is 1.87. The maximum Gasteiger partial charge on any atom is 1.00 e. The van der Waals surface area contributed by atoms with Gasteiger partial charge in [0.05, 0.1) is 4.90 Å². The van der Waals surface area contributed by atoms with Crippen LogP contribution in [-0.2, 0) is 16.5 Å². The predicted octanol–water partition coefficient (Wildman–Crippen LogP) is 2.43. The minimum Gasteiger partial charge on any atom is -0.744 e. The van der Waals surface area contributed by atoms with Crippen LogP contribution in [0.1, 0.15) is 63.9 Å². The maximum absolute atomic E-state index is 11.1. The van der Waals surface area contributed by atoms with E-state index < -0.39 is 10.1 Å². The van der Waals surface area contributed by atoms with E-state index >= 15 is 0 Å². The van der Waals surface area contributed by atoms with Crippen LogP contribution in [0, 0.1) is 0 Å². The van der Waals surface area contributed by atoms with Gasteiger partial charge in [-0.1, -0.05) is 76.1 Å². The van der Waals surface area contributed by atoms with E-state index in [4.69, 9.17) is 0 Å². The first kappa shape index (κ1) is 22.7. The predicted molar refractivity (Wildman–Crippen MR) is 98.2 cm³/mol. The van der Waals surface area contributed by atoms with Crippen LogP contribution in [0.15, 0.2) is 41.3 Å². The van der Waals surface area contributed by atoms with Crippen molar-refractivity contribution in [2.45, 2.75) is 69.6 Å². The van der Waals surface area contributed by atoms with Gasteiger partial charge in [0.15, 0.2) is 0 Å². The first-order valence-electron chi connectivity index (χ1n) is 9.00. The van der Waals surface area contributed by atoms with E-state index in [1.807, 2.05) is 12.1 Å². The molecule has 0 saturated heterocycles. The molecular formula is C20H27NaO3S. The number of rotatable bonds is 10. The zero-order valence-electron chi connectivity index (χ0n) is 15.5. The molecule has 0 unspecified atom stereocenters. The van der Waals surface area contributed by atoms with Crippen LogP contribution in [0.25, 0.3) is 10.8 Å². The zero-order chi connectivity index (χ0) is 17.4. The van der Waals surface area contributed by atoms with Crippen molar-refractivity contribution in [2.75, 3.05) is 0 Å². The summed E-state index contributed by atoms with van der Waals surface area (Å²) >= 11 is 0. The van der Waals surface area contributed by atoms with Gasteiger partial charge in [0.1, 0.15) is 10.1 Å². The Bertz CT molecular complexity index is 757. The van der Waals surface area contributed by atoms with Crippen LogP contribution < -0.4 is 29.6 Å². The van der Waals surface area contributed by atoms with Crippen molar-refractivity contribution in [3.63, 3.8) is 0 Å². The smallest absolute Gasteiger partial charge is 0.744 e. The number of aryl methyl sites for hydroxylation is 1. The summed E-state index contributed by atoms with van der Waals surface area (Å²) < 4.78 is 33.4. The molecule has 0 fully saturated rings. The normalized spacial score (nSPS) is 11.4. The summed E-state index contributed by atoms with van der Waals surface area (Å²) in [5.74, 6) is 0. The molecule has 2 rings (SSSR count). The molecule has 132 valence electrons. The Morgan fingerprint density at radius 3 is 2.16 bits per heavy atom. The molecule has 0 bridgehead atoms. The van der Waals surface area contributed by atoms with Crippen molar-refractivity contribution < 1.29 is 42.5 Å². The van der Waals surface area contributed by atoms with Gasteiger partial charge in [-0.15, -0.1) is 0 Å².